The van der Waals surface area contributed by atoms with Gasteiger partial charge in [0, 0.05) is 43.6 Å². The number of hydrogen-bond donors (Lipinski definition) is 1. The molecule has 1 aromatic rings. The Morgan fingerprint density at radius 3 is 2.57 bits per heavy atom. The highest BCUT2D eigenvalue weighted by Gasteiger charge is 2.23. The van der Waals surface area contributed by atoms with Crippen molar-refractivity contribution in [1.82, 2.24) is 15.1 Å². The lowest BCUT2D eigenvalue weighted by Crippen LogP contribution is -2.48. The molecule has 1 amide bonds. The van der Waals surface area contributed by atoms with Gasteiger partial charge in [-0.1, -0.05) is 12.2 Å². The maximum atomic E-state index is 14.1. The van der Waals surface area contributed by atoms with Gasteiger partial charge in [-0.15, -0.1) is 0 Å². The molecule has 1 N–H and O–H groups in total. The van der Waals surface area contributed by atoms with E-state index in [1.807, 2.05) is 18.4 Å². The van der Waals surface area contributed by atoms with Crippen LogP contribution in [0.3, 0.4) is 0 Å². The molecular weight excluding hydrogens is 388 g/mol. The molecule has 0 aliphatic carbocycles. The summed E-state index contributed by atoms with van der Waals surface area (Å²) in [7, 11) is 1.21. The standard InChI is InChI=1S/C23H23F2N3O2/c1-15-13-27(9-8-26-15)19-7-6-18-5-3-4-16(12-22(29)28(18)14-19)17-10-20(24)23(30-2)21(25)11-17/h3-7,10-12,14-15,26H,8-9,13H2,1-2H3/b4-3+,16-12+,18-5+/t15-/m0/s1. The fourth-order valence-corrected chi connectivity index (χ4v) is 3.78. The first kappa shape index (κ1) is 20.1. The number of allylic oxidation sites excluding steroid dienone is 6. The molecule has 1 atom stereocenters. The quantitative estimate of drug-likeness (QED) is 0.829. The summed E-state index contributed by atoms with van der Waals surface area (Å²) in [5.74, 6) is -2.36. The number of hydrogen-bond acceptors (Lipinski definition) is 4. The van der Waals surface area contributed by atoms with Gasteiger partial charge in [-0.2, -0.15) is 0 Å². The van der Waals surface area contributed by atoms with Crippen molar-refractivity contribution in [2.75, 3.05) is 26.7 Å². The Balaban J connectivity index is 1.66. The van der Waals surface area contributed by atoms with E-state index < -0.39 is 17.4 Å². The molecule has 0 bridgehead atoms. The van der Waals surface area contributed by atoms with Gasteiger partial charge < -0.3 is 15.0 Å². The van der Waals surface area contributed by atoms with Crippen LogP contribution in [0.1, 0.15) is 12.5 Å². The van der Waals surface area contributed by atoms with E-state index in [0.29, 0.717) is 11.6 Å². The number of amides is 1. The van der Waals surface area contributed by atoms with E-state index in [-0.39, 0.29) is 11.5 Å². The minimum Gasteiger partial charge on any atom is -0.491 e. The van der Waals surface area contributed by atoms with Crippen LogP contribution in [0.5, 0.6) is 5.75 Å². The predicted molar refractivity (Wildman–Crippen MR) is 111 cm³/mol. The van der Waals surface area contributed by atoms with Crippen molar-refractivity contribution < 1.29 is 18.3 Å². The van der Waals surface area contributed by atoms with Gasteiger partial charge in [0.05, 0.1) is 12.8 Å². The smallest absolute Gasteiger partial charge is 0.255 e. The minimum absolute atomic E-state index is 0.264. The van der Waals surface area contributed by atoms with E-state index in [0.717, 1.165) is 43.2 Å². The second-order valence-corrected chi connectivity index (χ2v) is 7.42. The summed E-state index contributed by atoms with van der Waals surface area (Å²) in [6.07, 6.45) is 12.3. The predicted octanol–water partition coefficient (Wildman–Crippen LogP) is 3.34. The molecule has 0 radical (unpaired) electrons. The fraction of sp³-hybridized carbons (Fsp3) is 0.261. The van der Waals surface area contributed by atoms with E-state index in [2.05, 4.69) is 17.1 Å². The van der Waals surface area contributed by atoms with Gasteiger partial charge in [0.2, 0.25) is 0 Å². The lowest BCUT2D eigenvalue weighted by molar-refractivity contribution is -0.122. The zero-order chi connectivity index (χ0) is 21.3. The van der Waals surface area contributed by atoms with Gasteiger partial charge in [0.15, 0.2) is 17.4 Å². The largest absolute Gasteiger partial charge is 0.491 e. The highest BCUT2D eigenvalue weighted by atomic mass is 19.1. The summed E-state index contributed by atoms with van der Waals surface area (Å²) in [4.78, 5) is 16.8. The van der Waals surface area contributed by atoms with E-state index in [1.54, 1.807) is 23.1 Å². The summed E-state index contributed by atoms with van der Waals surface area (Å²) in [6.45, 7) is 4.71. The molecule has 4 rings (SSSR count). The molecule has 0 aromatic heterocycles. The van der Waals surface area contributed by atoms with Crippen LogP contribution < -0.4 is 10.1 Å². The van der Waals surface area contributed by atoms with Crippen LogP contribution in [0, 0.1) is 11.6 Å². The Morgan fingerprint density at radius 1 is 1.13 bits per heavy atom. The molecule has 1 aromatic carbocycles. The first-order chi connectivity index (χ1) is 14.5. The Morgan fingerprint density at radius 2 is 1.87 bits per heavy atom. The second-order valence-electron chi connectivity index (χ2n) is 7.42. The van der Waals surface area contributed by atoms with Crippen molar-refractivity contribution >= 4 is 11.5 Å². The number of ether oxygens (including phenoxy) is 1. The highest BCUT2D eigenvalue weighted by molar-refractivity contribution is 5.99. The topological polar surface area (TPSA) is 44.8 Å². The molecule has 0 saturated carbocycles. The Kier molecular flexibility index (Phi) is 5.55. The van der Waals surface area contributed by atoms with Gasteiger partial charge in [-0.3, -0.25) is 9.69 Å². The van der Waals surface area contributed by atoms with Crippen molar-refractivity contribution in [2.24, 2.45) is 0 Å². The van der Waals surface area contributed by atoms with Gasteiger partial charge in [-0.25, -0.2) is 8.78 Å². The lowest BCUT2D eigenvalue weighted by Gasteiger charge is -2.36. The Labute approximate surface area is 174 Å². The maximum Gasteiger partial charge on any atom is 0.255 e. The Bertz CT molecular complexity index is 1000. The average molecular weight is 411 g/mol. The molecule has 5 nitrogen and oxygen atoms in total. The number of halogens is 2. The highest BCUT2D eigenvalue weighted by Crippen LogP contribution is 2.29. The maximum absolute atomic E-state index is 14.1. The zero-order valence-corrected chi connectivity index (χ0v) is 16.9. The molecular formula is C23H23F2N3O2. The number of piperazine rings is 1. The average Bonchev–Trinajstić information content (AvgIpc) is 2.71. The number of benzene rings is 1. The zero-order valence-electron chi connectivity index (χ0n) is 16.9. The monoisotopic (exact) mass is 411 g/mol. The van der Waals surface area contributed by atoms with Gasteiger partial charge in [0.25, 0.3) is 5.91 Å². The van der Waals surface area contributed by atoms with Crippen LogP contribution in [0.25, 0.3) is 5.57 Å². The van der Waals surface area contributed by atoms with E-state index in [9.17, 15) is 13.6 Å². The SMILES string of the molecule is COc1c(F)cc(C2=C\C(=O)N3C=C(N4CCN[C@@H](C)C4)C=C\C3=C/C=C/2)cc1F. The number of nitrogens with zero attached hydrogens (tertiary/aromatic N) is 2. The van der Waals surface area contributed by atoms with Crippen LogP contribution in [0.4, 0.5) is 8.78 Å². The molecule has 1 saturated heterocycles. The first-order valence-electron chi connectivity index (χ1n) is 9.81. The molecule has 156 valence electrons. The third-order valence-electron chi connectivity index (χ3n) is 5.29. The summed E-state index contributed by atoms with van der Waals surface area (Å²) in [5.41, 5.74) is 2.36. The molecule has 3 aliphatic heterocycles. The molecule has 0 unspecified atom stereocenters. The van der Waals surface area contributed by atoms with Gasteiger partial charge >= 0.3 is 0 Å². The number of rotatable bonds is 3. The van der Waals surface area contributed by atoms with Crippen LogP contribution in [-0.2, 0) is 4.79 Å². The summed E-state index contributed by atoms with van der Waals surface area (Å²) >= 11 is 0. The van der Waals surface area contributed by atoms with E-state index in [4.69, 9.17) is 4.74 Å². The molecule has 1 fully saturated rings. The first-order valence-corrected chi connectivity index (χ1v) is 9.81. The van der Waals surface area contributed by atoms with E-state index >= 15 is 0 Å². The van der Waals surface area contributed by atoms with Crippen LogP contribution >= 0.6 is 0 Å². The van der Waals surface area contributed by atoms with Crippen molar-refractivity contribution in [2.45, 2.75) is 13.0 Å². The van der Waals surface area contributed by atoms with Gasteiger partial charge in [-0.05, 0) is 48.4 Å². The van der Waals surface area contributed by atoms with Crippen LogP contribution in [-0.4, -0.2) is 48.5 Å². The van der Waals surface area contributed by atoms with Crippen molar-refractivity contribution in [3.8, 4) is 5.75 Å². The normalized spacial score (nSPS) is 25.9. The number of fused-ring (bicyclic) bond motifs is 1. The lowest BCUT2D eigenvalue weighted by atomic mass is 10.0. The van der Waals surface area contributed by atoms with Crippen molar-refractivity contribution in [3.05, 3.63) is 83.4 Å². The second kappa shape index (κ2) is 8.28. The molecule has 7 heteroatoms. The molecule has 3 heterocycles. The third-order valence-corrected chi connectivity index (χ3v) is 5.29. The minimum atomic E-state index is -0.816. The van der Waals surface area contributed by atoms with Gasteiger partial charge in [0.1, 0.15) is 0 Å². The van der Waals surface area contributed by atoms with Crippen molar-refractivity contribution in [1.29, 1.82) is 0 Å². The molecule has 3 aliphatic rings. The number of carbonyl (C=O) groups is 1. The van der Waals surface area contributed by atoms with Crippen molar-refractivity contribution in [3.63, 3.8) is 0 Å². The summed E-state index contributed by atoms with van der Waals surface area (Å²) in [5, 5.41) is 3.40. The molecule has 30 heavy (non-hydrogen) atoms. The Hall–Kier alpha value is -3.19. The number of methoxy groups -OCH3 is 1. The molecule has 0 spiro atoms. The van der Waals surface area contributed by atoms with E-state index in [1.165, 1.54) is 13.2 Å². The number of carbonyl (C=O) groups excluding carboxylic acids is 1. The fourth-order valence-electron chi connectivity index (χ4n) is 3.78. The van der Waals surface area contributed by atoms with Crippen LogP contribution in [0.2, 0.25) is 0 Å². The third kappa shape index (κ3) is 3.93. The summed E-state index contributed by atoms with van der Waals surface area (Å²) in [6, 6.07) is 2.69. The summed E-state index contributed by atoms with van der Waals surface area (Å²) < 4.78 is 33.0. The van der Waals surface area contributed by atoms with Crippen LogP contribution in [0.15, 0.2) is 66.2 Å². The number of nitrogens with one attached hydrogen (secondary N) is 1.